The number of hydrogen-bond donors (Lipinski definition) is 0. The predicted molar refractivity (Wildman–Crippen MR) is 180 cm³/mol. The molecule has 2 aromatic rings. The monoisotopic (exact) mass is 562 g/mol. The van der Waals surface area contributed by atoms with E-state index in [-0.39, 0.29) is 5.78 Å². The molecule has 0 amide bonds. The fraction of sp³-hybridized carbons (Fsp3) is 0.605. The second-order valence-corrected chi connectivity index (χ2v) is 12.7. The summed E-state index contributed by atoms with van der Waals surface area (Å²) in [4.78, 5) is 14.2. The lowest BCUT2D eigenvalue weighted by atomic mass is 9.90. The fourth-order valence-electron chi connectivity index (χ4n) is 5.59. The molecule has 0 heterocycles. The van der Waals surface area contributed by atoms with Gasteiger partial charge in [-0.3, -0.25) is 4.79 Å². The van der Waals surface area contributed by atoms with Crippen molar-refractivity contribution in [3.05, 3.63) is 70.3 Å². The second-order valence-electron chi connectivity index (χ2n) is 11.5. The number of thioether (sulfide) groups is 1. The van der Waals surface area contributed by atoms with Crippen molar-refractivity contribution in [2.24, 2.45) is 0 Å². The van der Waals surface area contributed by atoms with Crippen LogP contribution in [-0.4, -0.2) is 11.5 Å². The number of unbranched alkanes of at least 4 members (excludes halogenated alkanes) is 11. The Hall–Kier alpha value is -1.80. The lowest BCUT2D eigenvalue weighted by Gasteiger charge is -2.15. The molecule has 2 heteroatoms. The Bertz CT molecular complexity index is 944. The van der Waals surface area contributed by atoms with E-state index in [1.807, 2.05) is 30.0 Å². The lowest BCUT2D eigenvalue weighted by molar-refractivity contribution is 0.104. The van der Waals surface area contributed by atoms with Crippen LogP contribution in [0.25, 0.3) is 6.08 Å². The summed E-state index contributed by atoms with van der Waals surface area (Å²) in [6.45, 7) is 9.06. The zero-order valence-electron chi connectivity index (χ0n) is 26.4. The normalized spacial score (nSPS) is 11.5. The summed E-state index contributed by atoms with van der Waals surface area (Å²) < 4.78 is 0. The van der Waals surface area contributed by atoms with E-state index in [1.54, 1.807) is 11.6 Å². The Kier molecular flexibility index (Phi) is 18.8. The van der Waals surface area contributed by atoms with Gasteiger partial charge in [0.2, 0.25) is 0 Å². The summed E-state index contributed by atoms with van der Waals surface area (Å²) in [5.41, 5.74) is 6.42. The summed E-state index contributed by atoms with van der Waals surface area (Å²) in [5, 5.41) is 0. The maximum atomic E-state index is 12.9. The van der Waals surface area contributed by atoms with Crippen molar-refractivity contribution in [3.8, 4) is 0 Å². The van der Waals surface area contributed by atoms with E-state index in [0.717, 1.165) is 43.2 Å². The number of rotatable bonds is 23. The summed E-state index contributed by atoms with van der Waals surface area (Å²) in [6.07, 6.45) is 27.3. The van der Waals surface area contributed by atoms with Crippen LogP contribution in [0.4, 0.5) is 0 Å². The molecule has 0 aliphatic carbocycles. The Morgan fingerprint density at radius 3 is 1.62 bits per heavy atom. The molecule has 0 saturated heterocycles. The maximum absolute atomic E-state index is 12.9. The first-order valence-corrected chi connectivity index (χ1v) is 17.7. The van der Waals surface area contributed by atoms with Crippen LogP contribution in [0, 0.1) is 0 Å². The van der Waals surface area contributed by atoms with Crippen LogP contribution in [0.1, 0.15) is 157 Å². The van der Waals surface area contributed by atoms with Crippen LogP contribution >= 0.6 is 11.8 Å². The third-order valence-electron chi connectivity index (χ3n) is 7.83. The lowest BCUT2D eigenvalue weighted by Crippen LogP contribution is -2.02. The summed E-state index contributed by atoms with van der Waals surface area (Å²) in [6, 6.07) is 12.8. The summed E-state index contributed by atoms with van der Waals surface area (Å²) in [7, 11) is 0. The Labute approximate surface area is 252 Å². The molecular weight excluding hydrogens is 504 g/mol. The van der Waals surface area contributed by atoms with Crippen molar-refractivity contribution in [2.75, 3.05) is 5.75 Å². The Balaban J connectivity index is 1.75. The molecule has 0 aliphatic heterocycles. The van der Waals surface area contributed by atoms with Crippen LogP contribution < -0.4 is 0 Å². The van der Waals surface area contributed by atoms with Crippen LogP contribution in [-0.2, 0) is 19.3 Å². The van der Waals surface area contributed by atoms with Gasteiger partial charge in [-0.15, -0.1) is 11.8 Å². The maximum Gasteiger partial charge on any atom is 0.185 e. The predicted octanol–water partition coefficient (Wildman–Crippen LogP) is 12.2. The van der Waals surface area contributed by atoms with Crippen molar-refractivity contribution in [3.63, 3.8) is 0 Å². The fourth-order valence-corrected chi connectivity index (χ4v) is 6.51. The van der Waals surface area contributed by atoms with Crippen molar-refractivity contribution >= 4 is 23.6 Å². The highest BCUT2D eigenvalue weighted by molar-refractivity contribution is 7.99. The first-order chi connectivity index (χ1) is 19.6. The molecule has 0 spiro atoms. The minimum absolute atomic E-state index is 0.0872. The van der Waals surface area contributed by atoms with E-state index in [1.165, 1.54) is 105 Å². The minimum atomic E-state index is 0.0872. The smallest absolute Gasteiger partial charge is 0.185 e. The molecule has 1 nitrogen and oxygen atoms in total. The largest absolute Gasteiger partial charge is 0.289 e. The van der Waals surface area contributed by atoms with Crippen LogP contribution in [0.5, 0.6) is 0 Å². The molecule has 2 rings (SSSR count). The van der Waals surface area contributed by atoms with Crippen molar-refractivity contribution in [2.45, 2.75) is 148 Å². The topological polar surface area (TPSA) is 17.1 Å². The van der Waals surface area contributed by atoms with E-state index >= 15 is 0 Å². The standard InChI is InChI=1S/C38H58OS/c1-5-9-10-11-12-13-14-15-16-17-18-19-29-40-36-26-24-33(25-27-36)38(39)28-23-32-30-34(20-6-2)37(22-8-4)35(31-32)21-7-3/h23-28,30-31H,5-22,29H2,1-4H3/b28-23+. The molecule has 2 aromatic carbocycles. The average molecular weight is 563 g/mol. The number of benzene rings is 2. The molecule has 0 N–H and O–H groups in total. The highest BCUT2D eigenvalue weighted by Crippen LogP contribution is 2.25. The van der Waals surface area contributed by atoms with Gasteiger partial charge < -0.3 is 0 Å². The number of aryl methyl sites for hydroxylation is 2. The van der Waals surface area contributed by atoms with Gasteiger partial charge in [-0.2, -0.15) is 0 Å². The zero-order chi connectivity index (χ0) is 28.8. The van der Waals surface area contributed by atoms with E-state index < -0.39 is 0 Å². The highest BCUT2D eigenvalue weighted by Gasteiger charge is 2.10. The van der Waals surface area contributed by atoms with E-state index in [2.05, 4.69) is 52.0 Å². The molecule has 0 unspecified atom stereocenters. The molecule has 0 saturated carbocycles. The van der Waals surface area contributed by atoms with Crippen molar-refractivity contribution in [1.29, 1.82) is 0 Å². The summed E-state index contributed by atoms with van der Waals surface area (Å²) in [5.74, 6) is 1.25. The van der Waals surface area contributed by atoms with Crippen molar-refractivity contribution < 1.29 is 4.79 Å². The molecular formula is C38H58OS. The third kappa shape index (κ3) is 13.7. The number of carbonyl (C=O) groups is 1. The SMILES string of the molecule is CCCCCCCCCCCCCCSc1ccc(C(=O)/C=C/c2cc(CCC)c(CCC)c(CCC)c2)cc1. The third-order valence-corrected chi connectivity index (χ3v) is 8.93. The van der Waals surface area contributed by atoms with E-state index in [0.29, 0.717) is 0 Å². The van der Waals surface area contributed by atoms with Crippen molar-refractivity contribution in [1.82, 2.24) is 0 Å². The summed E-state index contributed by atoms with van der Waals surface area (Å²) >= 11 is 1.92. The van der Waals surface area contributed by atoms with Crippen LogP contribution in [0.15, 0.2) is 47.4 Å². The Morgan fingerprint density at radius 2 is 1.12 bits per heavy atom. The number of carbonyl (C=O) groups excluding carboxylic acids is 1. The molecule has 0 bridgehead atoms. The van der Waals surface area contributed by atoms with Gasteiger partial charge in [-0.05, 0) is 84.0 Å². The number of hydrogen-bond acceptors (Lipinski definition) is 2. The van der Waals surface area contributed by atoms with Gasteiger partial charge in [0.15, 0.2) is 5.78 Å². The quantitative estimate of drug-likeness (QED) is 0.0580. The molecule has 40 heavy (non-hydrogen) atoms. The van der Waals surface area contributed by atoms with Gasteiger partial charge >= 0.3 is 0 Å². The van der Waals surface area contributed by atoms with Gasteiger partial charge in [0.1, 0.15) is 0 Å². The van der Waals surface area contributed by atoms with Gasteiger partial charge in [0.05, 0.1) is 0 Å². The molecule has 0 aromatic heterocycles. The van der Waals surface area contributed by atoms with Crippen LogP contribution in [0.3, 0.4) is 0 Å². The van der Waals surface area contributed by atoms with Gasteiger partial charge in [0, 0.05) is 10.5 Å². The number of allylic oxidation sites excluding steroid dienone is 1. The van der Waals surface area contributed by atoms with Gasteiger partial charge in [-0.25, -0.2) is 0 Å². The molecule has 0 fully saturated rings. The zero-order valence-corrected chi connectivity index (χ0v) is 27.2. The average Bonchev–Trinajstić information content (AvgIpc) is 2.96. The second kappa shape index (κ2) is 21.9. The Morgan fingerprint density at radius 1 is 0.625 bits per heavy atom. The molecule has 0 radical (unpaired) electrons. The molecule has 222 valence electrons. The first-order valence-electron chi connectivity index (χ1n) is 16.7. The van der Waals surface area contributed by atoms with Gasteiger partial charge in [-0.1, -0.05) is 136 Å². The van der Waals surface area contributed by atoms with Crippen LogP contribution in [0.2, 0.25) is 0 Å². The highest BCUT2D eigenvalue weighted by atomic mass is 32.2. The van der Waals surface area contributed by atoms with E-state index in [9.17, 15) is 4.79 Å². The first kappa shape index (κ1) is 34.4. The molecule has 0 atom stereocenters. The van der Waals surface area contributed by atoms with Gasteiger partial charge in [0.25, 0.3) is 0 Å². The number of ketones is 1. The molecule has 0 aliphatic rings. The minimum Gasteiger partial charge on any atom is -0.289 e. The van der Waals surface area contributed by atoms with E-state index in [4.69, 9.17) is 0 Å².